The van der Waals surface area contributed by atoms with Crippen molar-refractivity contribution in [1.82, 2.24) is 19.5 Å². The fourth-order valence-electron chi connectivity index (χ4n) is 9.88. The van der Waals surface area contributed by atoms with Crippen LogP contribution >= 0.6 is 11.3 Å². The summed E-state index contributed by atoms with van der Waals surface area (Å²) in [5.74, 6) is 1.68. The Kier molecular flexibility index (Phi) is 10.0. The van der Waals surface area contributed by atoms with E-state index in [1.165, 1.54) is 30.9 Å². The van der Waals surface area contributed by atoms with Gasteiger partial charge >= 0.3 is 0 Å². The first-order chi connectivity index (χ1) is 34.6. The first-order valence-electron chi connectivity index (χ1n) is 23.3. The van der Waals surface area contributed by atoms with E-state index in [0.29, 0.717) is 23.0 Å². The summed E-state index contributed by atoms with van der Waals surface area (Å²) in [5, 5.41) is 15.4. The van der Waals surface area contributed by atoms with E-state index in [1.807, 2.05) is 78.1 Å². The van der Waals surface area contributed by atoms with E-state index in [1.54, 1.807) is 0 Å². The second kappa shape index (κ2) is 17.1. The van der Waals surface area contributed by atoms with Gasteiger partial charge < -0.3 is 4.57 Å². The van der Waals surface area contributed by atoms with Crippen LogP contribution in [0.1, 0.15) is 5.56 Å². The fourth-order valence-corrected chi connectivity index (χ4v) is 11.1. The summed E-state index contributed by atoms with van der Waals surface area (Å²) >= 11 is 1.85. The smallest absolute Gasteiger partial charge is 0.164 e. The monoisotopic (exact) mass is 909 g/mol. The Morgan fingerprint density at radius 1 is 0.343 bits per heavy atom. The van der Waals surface area contributed by atoms with E-state index in [0.717, 1.165) is 77.9 Å². The summed E-state index contributed by atoms with van der Waals surface area (Å²) in [6, 6.07) is 85.1. The van der Waals surface area contributed by atoms with Crippen molar-refractivity contribution in [3.8, 4) is 90.4 Å². The van der Waals surface area contributed by atoms with Crippen LogP contribution in [-0.4, -0.2) is 19.5 Å². The van der Waals surface area contributed by atoms with Crippen molar-refractivity contribution in [1.29, 1.82) is 5.26 Å². The molecule has 0 amide bonds. The third-order valence-corrected chi connectivity index (χ3v) is 14.4. The van der Waals surface area contributed by atoms with Crippen molar-refractivity contribution in [2.75, 3.05) is 0 Å². The van der Waals surface area contributed by atoms with Gasteiger partial charge in [0.15, 0.2) is 17.5 Å². The molecule has 3 aromatic heterocycles. The molecule has 0 unspecified atom stereocenters. The molecule has 326 valence electrons. The highest BCUT2D eigenvalue weighted by atomic mass is 32.1. The minimum absolute atomic E-state index is 0.537. The molecule has 13 aromatic rings. The number of rotatable bonds is 8. The second-order valence-corrected chi connectivity index (χ2v) is 18.6. The molecule has 0 atom stereocenters. The van der Waals surface area contributed by atoms with Crippen molar-refractivity contribution >= 4 is 53.3 Å². The predicted octanol–water partition coefficient (Wildman–Crippen LogP) is 16.9. The number of benzene rings is 10. The van der Waals surface area contributed by atoms with Crippen LogP contribution in [0.5, 0.6) is 0 Å². The summed E-state index contributed by atoms with van der Waals surface area (Å²) < 4.78 is 4.92. The lowest BCUT2D eigenvalue weighted by molar-refractivity contribution is 1.07. The zero-order valence-corrected chi connectivity index (χ0v) is 38.5. The van der Waals surface area contributed by atoms with Crippen LogP contribution in [0.2, 0.25) is 0 Å². The van der Waals surface area contributed by atoms with Crippen LogP contribution in [0.15, 0.2) is 237 Å². The molecule has 5 nitrogen and oxygen atoms in total. The molecular weight excluding hydrogens is 871 g/mol. The number of fused-ring (bicyclic) bond motifs is 7. The minimum atomic E-state index is 0.537. The van der Waals surface area contributed by atoms with Gasteiger partial charge in [-0.25, -0.2) is 15.0 Å². The predicted molar refractivity (Wildman–Crippen MR) is 290 cm³/mol. The first-order valence-corrected chi connectivity index (χ1v) is 24.1. The van der Waals surface area contributed by atoms with Gasteiger partial charge in [0.25, 0.3) is 0 Å². The zero-order valence-electron chi connectivity index (χ0n) is 37.7. The van der Waals surface area contributed by atoms with Crippen LogP contribution in [0.3, 0.4) is 0 Å². The van der Waals surface area contributed by atoms with E-state index in [-0.39, 0.29) is 0 Å². The molecule has 0 fully saturated rings. The van der Waals surface area contributed by atoms with Crippen LogP contribution in [0.25, 0.3) is 126 Å². The van der Waals surface area contributed by atoms with E-state index in [4.69, 9.17) is 15.0 Å². The average molecular weight is 910 g/mol. The Morgan fingerprint density at radius 3 is 1.51 bits per heavy atom. The van der Waals surface area contributed by atoms with Crippen molar-refractivity contribution in [2.45, 2.75) is 0 Å². The molecular formula is C64H39N5S. The van der Waals surface area contributed by atoms with E-state index < -0.39 is 0 Å². The lowest BCUT2D eigenvalue weighted by Gasteiger charge is -2.16. The van der Waals surface area contributed by atoms with Crippen molar-refractivity contribution in [3.05, 3.63) is 242 Å². The SMILES string of the molecule is N#Cc1cc(-c2ccccc2)cc(-c2cc(-c3nc(-c4ccccc4)nc(-c4cccc(-c5ccccc5)c4)n3)cc(-n3c4cc(-c5ccccc5)ccc4c4c5sc6ccccc6c5ccc43)c2)c1. The van der Waals surface area contributed by atoms with Gasteiger partial charge in [0.2, 0.25) is 0 Å². The lowest BCUT2D eigenvalue weighted by atomic mass is 9.95. The number of nitriles is 1. The van der Waals surface area contributed by atoms with Gasteiger partial charge in [-0.3, -0.25) is 0 Å². The zero-order chi connectivity index (χ0) is 46.5. The molecule has 3 heterocycles. The number of aromatic nitrogens is 4. The number of nitrogens with zero attached hydrogens (tertiary/aromatic N) is 5. The first kappa shape index (κ1) is 41.0. The Balaban J connectivity index is 1.11. The molecule has 0 aliphatic heterocycles. The maximum atomic E-state index is 10.5. The minimum Gasteiger partial charge on any atom is -0.309 e. The molecule has 70 heavy (non-hydrogen) atoms. The topological polar surface area (TPSA) is 67.4 Å². The Morgan fingerprint density at radius 2 is 0.829 bits per heavy atom. The lowest BCUT2D eigenvalue weighted by Crippen LogP contribution is -2.02. The van der Waals surface area contributed by atoms with Crippen LogP contribution in [0, 0.1) is 11.3 Å². The molecule has 0 N–H and O–H groups in total. The fraction of sp³-hybridized carbons (Fsp3) is 0. The van der Waals surface area contributed by atoms with Gasteiger partial charge in [-0.05, 0) is 105 Å². The molecule has 0 radical (unpaired) electrons. The quantitative estimate of drug-likeness (QED) is 0.152. The molecule has 0 saturated heterocycles. The number of thiophene rings is 1. The van der Waals surface area contributed by atoms with Gasteiger partial charge in [-0.2, -0.15) is 5.26 Å². The van der Waals surface area contributed by atoms with Gasteiger partial charge in [-0.15, -0.1) is 11.3 Å². The average Bonchev–Trinajstić information content (AvgIpc) is 3.99. The third-order valence-electron chi connectivity index (χ3n) is 13.2. The van der Waals surface area contributed by atoms with Crippen molar-refractivity contribution < 1.29 is 0 Å². The molecule has 0 spiro atoms. The van der Waals surface area contributed by atoms with Gasteiger partial charge in [0, 0.05) is 53.3 Å². The molecule has 13 rings (SSSR count). The summed E-state index contributed by atoms with van der Waals surface area (Å²) in [5.41, 5.74) is 14.6. The van der Waals surface area contributed by atoms with Gasteiger partial charge in [0.05, 0.1) is 22.7 Å². The maximum absolute atomic E-state index is 10.5. The van der Waals surface area contributed by atoms with Crippen molar-refractivity contribution in [3.63, 3.8) is 0 Å². The van der Waals surface area contributed by atoms with Gasteiger partial charge in [-0.1, -0.05) is 176 Å². The number of hydrogen-bond donors (Lipinski definition) is 0. The Hall–Kier alpha value is -9.28. The highest BCUT2D eigenvalue weighted by Crippen LogP contribution is 2.45. The molecule has 0 saturated carbocycles. The van der Waals surface area contributed by atoms with E-state index in [9.17, 15) is 5.26 Å². The largest absolute Gasteiger partial charge is 0.309 e. The molecule has 6 heteroatoms. The van der Waals surface area contributed by atoms with Gasteiger partial charge in [0.1, 0.15) is 0 Å². The second-order valence-electron chi connectivity index (χ2n) is 17.5. The molecule has 10 aromatic carbocycles. The highest BCUT2D eigenvalue weighted by Gasteiger charge is 2.21. The molecule has 0 aliphatic carbocycles. The summed E-state index contributed by atoms with van der Waals surface area (Å²) in [7, 11) is 0. The molecule has 0 aliphatic rings. The highest BCUT2D eigenvalue weighted by molar-refractivity contribution is 7.26. The van der Waals surface area contributed by atoms with Crippen molar-refractivity contribution in [2.24, 2.45) is 0 Å². The summed E-state index contributed by atoms with van der Waals surface area (Å²) in [6.07, 6.45) is 0. The van der Waals surface area contributed by atoms with Crippen LogP contribution < -0.4 is 0 Å². The van der Waals surface area contributed by atoms with E-state index >= 15 is 0 Å². The Labute approximate surface area is 408 Å². The normalized spacial score (nSPS) is 11.4. The van der Waals surface area contributed by atoms with E-state index in [2.05, 4.69) is 180 Å². The molecule has 0 bridgehead atoms. The number of hydrogen-bond acceptors (Lipinski definition) is 5. The standard InChI is InChI=1S/C64H39N5S/c65-40-41-32-49(44-20-9-3-10-21-44)35-50(33-41)51-36-52(64-67-62(45-22-11-4-12-23-45)66-63(68-64)48-25-15-24-46(34-48)42-16-5-1-6-17-42)38-53(37-51)69-57-31-30-55-54-26-13-14-27-59(54)70-61(55)60(57)56-29-28-47(39-58(56)69)43-18-7-2-8-19-43/h1-39H. The van der Waals surface area contributed by atoms with Crippen LogP contribution in [0.4, 0.5) is 0 Å². The summed E-state index contributed by atoms with van der Waals surface area (Å²) in [6.45, 7) is 0. The maximum Gasteiger partial charge on any atom is 0.164 e. The summed E-state index contributed by atoms with van der Waals surface area (Å²) in [4.78, 5) is 15.8. The Bertz CT molecular complexity index is 4170. The third kappa shape index (κ3) is 7.30. The van der Waals surface area contributed by atoms with Crippen LogP contribution in [-0.2, 0) is 0 Å².